The zero-order chi connectivity index (χ0) is 15.2. The van der Waals surface area contributed by atoms with E-state index in [9.17, 15) is 0 Å². The van der Waals surface area contributed by atoms with Crippen molar-refractivity contribution >= 4 is 0 Å². The molecule has 120 valence electrons. The van der Waals surface area contributed by atoms with Crippen LogP contribution in [0.1, 0.15) is 80.1 Å². The Labute approximate surface area is 127 Å². The Kier molecular flexibility index (Phi) is 7.53. The van der Waals surface area contributed by atoms with Gasteiger partial charge >= 0.3 is 0 Å². The Morgan fingerprint density at radius 3 is 2.35 bits per heavy atom. The maximum absolute atomic E-state index is 6.07. The van der Waals surface area contributed by atoms with Gasteiger partial charge in [-0.1, -0.05) is 60.8 Å². The molecule has 0 aliphatic heterocycles. The summed E-state index contributed by atoms with van der Waals surface area (Å²) in [7, 11) is 0. The van der Waals surface area contributed by atoms with Gasteiger partial charge in [0.25, 0.3) is 0 Å². The second kappa shape index (κ2) is 8.38. The summed E-state index contributed by atoms with van der Waals surface area (Å²) in [5.41, 5.74) is 0.285. The van der Waals surface area contributed by atoms with Crippen molar-refractivity contribution in [2.75, 3.05) is 6.61 Å². The van der Waals surface area contributed by atoms with Crippen LogP contribution in [0.5, 0.6) is 0 Å². The van der Waals surface area contributed by atoms with Crippen LogP contribution in [0, 0.1) is 11.3 Å². The van der Waals surface area contributed by atoms with Gasteiger partial charge in [-0.25, -0.2) is 0 Å². The zero-order valence-corrected chi connectivity index (χ0v) is 14.7. The van der Waals surface area contributed by atoms with Gasteiger partial charge in [-0.2, -0.15) is 0 Å². The van der Waals surface area contributed by atoms with E-state index in [0.29, 0.717) is 24.1 Å². The predicted molar refractivity (Wildman–Crippen MR) is 88.1 cm³/mol. The van der Waals surface area contributed by atoms with Crippen LogP contribution in [-0.4, -0.2) is 24.8 Å². The number of rotatable bonds is 10. The topological polar surface area (TPSA) is 21.3 Å². The highest BCUT2D eigenvalue weighted by Gasteiger charge is 2.49. The lowest BCUT2D eigenvalue weighted by atomic mass is 9.64. The molecule has 20 heavy (non-hydrogen) atoms. The molecule has 2 heteroatoms. The summed E-state index contributed by atoms with van der Waals surface area (Å²) < 4.78 is 6.07. The van der Waals surface area contributed by atoms with Crippen molar-refractivity contribution in [3.05, 3.63) is 0 Å². The van der Waals surface area contributed by atoms with E-state index >= 15 is 0 Å². The second-order valence-corrected chi connectivity index (χ2v) is 7.62. The first kappa shape index (κ1) is 18.0. The number of nitrogens with one attached hydrogen (secondary N) is 1. The molecule has 0 aromatic heterocycles. The van der Waals surface area contributed by atoms with Crippen molar-refractivity contribution in [3.63, 3.8) is 0 Å². The average molecular weight is 284 g/mol. The number of unbranched alkanes of at least 4 members (excludes halogenated alkanes) is 1. The minimum atomic E-state index is 0.285. The molecule has 3 unspecified atom stereocenters. The molecule has 1 N–H and O–H groups in total. The third kappa shape index (κ3) is 5.04. The van der Waals surface area contributed by atoms with Gasteiger partial charge in [0.1, 0.15) is 0 Å². The number of hydrogen-bond donors (Lipinski definition) is 1. The van der Waals surface area contributed by atoms with Crippen molar-refractivity contribution in [1.82, 2.24) is 5.32 Å². The lowest BCUT2D eigenvalue weighted by Gasteiger charge is -2.53. The van der Waals surface area contributed by atoms with Crippen LogP contribution in [0.3, 0.4) is 0 Å². The van der Waals surface area contributed by atoms with E-state index in [1.165, 1.54) is 38.5 Å². The Hall–Kier alpha value is -0.0800. The van der Waals surface area contributed by atoms with Crippen LogP contribution in [0.4, 0.5) is 0 Å². The molecule has 1 aliphatic carbocycles. The second-order valence-electron chi connectivity index (χ2n) is 7.62. The van der Waals surface area contributed by atoms with Crippen molar-refractivity contribution in [3.8, 4) is 0 Å². The van der Waals surface area contributed by atoms with Crippen LogP contribution < -0.4 is 5.32 Å². The molecule has 0 radical (unpaired) electrons. The molecular formula is C18H37NO. The van der Waals surface area contributed by atoms with E-state index in [1.807, 2.05) is 0 Å². The fourth-order valence-electron chi connectivity index (χ4n) is 3.15. The molecule has 1 saturated carbocycles. The zero-order valence-electron chi connectivity index (χ0n) is 14.7. The monoisotopic (exact) mass is 283 g/mol. The molecular weight excluding hydrogens is 246 g/mol. The van der Waals surface area contributed by atoms with Crippen LogP contribution in [-0.2, 0) is 4.74 Å². The van der Waals surface area contributed by atoms with Crippen molar-refractivity contribution < 1.29 is 4.74 Å². The molecule has 0 bridgehead atoms. The lowest BCUT2D eigenvalue weighted by Crippen LogP contribution is -2.62. The SMILES string of the molecule is CCCCC(CCC)NC1CC(OCC(C)C)C1(C)C. The highest BCUT2D eigenvalue weighted by Crippen LogP contribution is 2.43. The Balaban J connectivity index is 2.40. The van der Waals surface area contributed by atoms with E-state index in [1.54, 1.807) is 0 Å². The Bertz CT molecular complexity index is 262. The van der Waals surface area contributed by atoms with Gasteiger partial charge in [-0.05, 0) is 25.2 Å². The van der Waals surface area contributed by atoms with Gasteiger partial charge in [0, 0.05) is 24.1 Å². The van der Waals surface area contributed by atoms with Gasteiger partial charge in [0.05, 0.1) is 6.10 Å². The summed E-state index contributed by atoms with van der Waals surface area (Å²) in [5, 5.41) is 3.92. The van der Waals surface area contributed by atoms with Crippen LogP contribution >= 0.6 is 0 Å². The standard InChI is InChI=1S/C18H37NO/c1-7-9-11-15(10-8-2)19-16-12-17(18(16,5)6)20-13-14(3)4/h14-17,19H,7-13H2,1-6H3. The summed E-state index contributed by atoms with van der Waals surface area (Å²) in [6, 6.07) is 1.34. The number of ether oxygens (including phenoxy) is 1. The highest BCUT2D eigenvalue weighted by molar-refractivity contribution is 5.03. The van der Waals surface area contributed by atoms with E-state index in [4.69, 9.17) is 4.74 Å². The largest absolute Gasteiger partial charge is 0.377 e. The molecule has 3 atom stereocenters. The normalized spacial score (nSPS) is 26.6. The molecule has 0 aromatic carbocycles. The van der Waals surface area contributed by atoms with Crippen LogP contribution in [0.15, 0.2) is 0 Å². The summed E-state index contributed by atoms with van der Waals surface area (Å²) in [5.74, 6) is 0.634. The minimum absolute atomic E-state index is 0.285. The molecule has 0 heterocycles. The summed E-state index contributed by atoms with van der Waals surface area (Å²) >= 11 is 0. The lowest BCUT2D eigenvalue weighted by molar-refractivity contribution is -0.126. The average Bonchev–Trinajstić information content (AvgIpc) is 2.38. The van der Waals surface area contributed by atoms with Crippen LogP contribution in [0.2, 0.25) is 0 Å². The molecule has 1 fully saturated rings. The first-order chi connectivity index (χ1) is 9.41. The van der Waals surface area contributed by atoms with Crippen LogP contribution in [0.25, 0.3) is 0 Å². The van der Waals surface area contributed by atoms with Crippen molar-refractivity contribution in [2.45, 2.75) is 98.3 Å². The minimum Gasteiger partial charge on any atom is -0.377 e. The maximum Gasteiger partial charge on any atom is 0.0656 e. The molecule has 1 aliphatic rings. The molecule has 0 aromatic rings. The number of hydrogen-bond acceptors (Lipinski definition) is 2. The van der Waals surface area contributed by atoms with E-state index in [2.05, 4.69) is 46.9 Å². The van der Waals surface area contributed by atoms with Gasteiger partial charge < -0.3 is 10.1 Å². The molecule has 0 amide bonds. The van der Waals surface area contributed by atoms with Crippen molar-refractivity contribution in [1.29, 1.82) is 0 Å². The summed E-state index contributed by atoms with van der Waals surface area (Å²) in [6.07, 6.45) is 8.19. The molecule has 2 nitrogen and oxygen atoms in total. The quantitative estimate of drug-likeness (QED) is 0.623. The molecule has 0 spiro atoms. The first-order valence-electron chi connectivity index (χ1n) is 8.79. The van der Waals surface area contributed by atoms with Crippen molar-refractivity contribution in [2.24, 2.45) is 11.3 Å². The van der Waals surface area contributed by atoms with E-state index in [-0.39, 0.29) is 5.41 Å². The summed E-state index contributed by atoms with van der Waals surface area (Å²) in [6.45, 7) is 14.7. The third-order valence-electron chi connectivity index (χ3n) is 4.79. The van der Waals surface area contributed by atoms with Gasteiger partial charge in [0.15, 0.2) is 0 Å². The van der Waals surface area contributed by atoms with E-state index < -0.39 is 0 Å². The Morgan fingerprint density at radius 1 is 1.15 bits per heavy atom. The van der Waals surface area contributed by atoms with Gasteiger partial charge in [-0.15, -0.1) is 0 Å². The molecule has 1 rings (SSSR count). The smallest absolute Gasteiger partial charge is 0.0656 e. The fourth-order valence-corrected chi connectivity index (χ4v) is 3.15. The van der Waals surface area contributed by atoms with E-state index in [0.717, 1.165) is 6.61 Å². The third-order valence-corrected chi connectivity index (χ3v) is 4.79. The van der Waals surface area contributed by atoms with Gasteiger partial charge in [-0.3, -0.25) is 0 Å². The first-order valence-corrected chi connectivity index (χ1v) is 8.79. The molecule has 0 saturated heterocycles. The maximum atomic E-state index is 6.07. The van der Waals surface area contributed by atoms with Gasteiger partial charge in [0.2, 0.25) is 0 Å². The highest BCUT2D eigenvalue weighted by atomic mass is 16.5. The Morgan fingerprint density at radius 2 is 1.85 bits per heavy atom. The summed E-state index contributed by atoms with van der Waals surface area (Å²) in [4.78, 5) is 0. The predicted octanol–water partition coefficient (Wildman–Crippen LogP) is 4.77. The fraction of sp³-hybridized carbons (Fsp3) is 1.00.